The fourth-order valence-electron chi connectivity index (χ4n) is 2.68. The summed E-state index contributed by atoms with van der Waals surface area (Å²) in [7, 11) is 0. The third-order valence-electron chi connectivity index (χ3n) is 4.04. The van der Waals surface area contributed by atoms with Gasteiger partial charge in [0.05, 0.1) is 5.69 Å². The largest absolute Gasteiger partial charge is 0.351 e. The molecule has 104 valence electrons. The average molecular weight is 263 g/mol. The minimum absolute atomic E-state index is 0.399. The van der Waals surface area contributed by atoms with Crippen LogP contribution in [0.4, 0.5) is 10.6 Å². The summed E-state index contributed by atoms with van der Waals surface area (Å²) < 4.78 is 0. The van der Waals surface area contributed by atoms with Crippen LogP contribution >= 0.6 is 0 Å². The van der Waals surface area contributed by atoms with Gasteiger partial charge in [-0.05, 0) is 44.7 Å². The maximum Gasteiger partial charge on any atom is 0.320 e. The molecule has 19 heavy (non-hydrogen) atoms. The van der Waals surface area contributed by atoms with E-state index in [2.05, 4.69) is 15.5 Å². The molecule has 1 saturated heterocycles. The standard InChI is InChI=1S/C13H21N5O/c14-13(19)18(8-9-3-5-15-6-4-9)12-7-11(16-17-12)10-1-2-10/h7,9-10,15H,1-6,8H2,(H2,14,19)(H,16,17). The molecule has 0 spiro atoms. The van der Waals surface area contributed by atoms with Gasteiger partial charge in [0.1, 0.15) is 5.82 Å². The van der Waals surface area contributed by atoms with Crippen molar-refractivity contribution in [3.8, 4) is 0 Å². The van der Waals surface area contributed by atoms with Gasteiger partial charge in [-0.15, -0.1) is 0 Å². The summed E-state index contributed by atoms with van der Waals surface area (Å²) in [5.41, 5.74) is 6.57. The van der Waals surface area contributed by atoms with E-state index >= 15 is 0 Å². The van der Waals surface area contributed by atoms with E-state index in [0.717, 1.165) is 37.4 Å². The third kappa shape index (κ3) is 2.89. The highest BCUT2D eigenvalue weighted by atomic mass is 16.2. The highest BCUT2D eigenvalue weighted by Crippen LogP contribution is 2.39. The van der Waals surface area contributed by atoms with Crippen LogP contribution in [0.15, 0.2) is 6.07 Å². The zero-order valence-electron chi connectivity index (χ0n) is 11.1. The summed E-state index contributed by atoms with van der Waals surface area (Å²) in [5, 5.41) is 10.6. The lowest BCUT2D eigenvalue weighted by atomic mass is 9.97. The van der Waals surface area contributed by atoms with Crippen molar-refractivity contribution in [2.45, 2.75) is 31.6 Å². The monoisotopic (exact) mass is 263 g/mol. The number of nitrogens with zero attached hydrogens (tertiary/aromatic N) is 2. The Morgan fingerprint density at radius 3 is 2.74 bits per heavy atom. The number of amides is 2. The molecule has 2 fully saturated rings. The second-order valence-electron chi connectivity index (χ2n) is 5.59. The van der Waals surface area contributed by atoms with Gasteiger partial charge in [-0.3, -0.25) is 10.00 Å². The number of carbonyl (C=O) groups is 1. The molecule has 3 rings (SSSR count). The summed E-state index contributed by atoms with van der Waals surface area (Å²) in [6.45, 7) is 2.73. The molecular formula is C13H21N5O. The van der Waals surface area contributed by atoms with Crippen molar-refractivity contribution in [1.29, 1.82) is 0 Å². The normalized spacial score (nSPS) is 20.4. The number of nitrogens with one attached hydrogen (secondary N) is 2. The van der Waals surface area contributed by atoms with Gasteiger partial charge in [0.15, 0.2) is 0 Å². The lowest BCUT2D eigenvalue weighted by Gasteiger charge is -2.28. The number of nitrogens with two attached hydrogens (primary N) is 1. The fraction of sp³-hybridized carbons (Fsp3) is 0.692. The van der Waals surface area contributed by atoms with Gasteiger partial charge in [-0.25, -0.2) is 4.79 Å². The SMILES string of the molecule is NC(=O)N(CC1CCNCC1)c1cc(C2CC2)n[nH]1. The number of carbonyl (C=O) groups excluding carboxylic acids is 1. The molecule has 2 amide bonds. The highest BCUT2D eigenvalue weighted by Gasteiger charge is 2.28. The van der Waals surface area contributed by atoms with Gasteiger partial charge < -0.3 is 11.1 Å². The predicted molar refractivity (Wildman–Crippen MR) is 73.1 cm³/mol. The van der Waals surface area contributed by atoms with Crippen molar-refractivity contribution >= 4 is 11.8 Å². The predicted octanol–water partition coefficient (Wildman–Crippen LogP) is 1.17. The van der Waals surface area contributed by atoms with Crippen molar-refractivity contribution in [2.75, 3.05) is 24.5 Å². The molecule has 1 saturated carbocycles. The van der Waals surface area contributed by atoms with E-state index in [-0.39, 0.29) is 0 Å². The number of aromatic amines is 1. The Labute approximate surface area is 112 Å². The number of piperidine rings is 1. The smallest absolute Gasteiger partial charge is 0.320 e. The number of aromatic nitrogens is 2. The van der Waals surface area contributed by atoms with Crippen LogP contribution in [0.2, 0.25) is 0 Å². The molecule has 6 nitrogen and oxygen atoms in total. The van der Waals surface area contributed by atoms with Crippen LogP contribution in [0.3, 0.4) is 0 Å². The molecule has 0 bridgehead atoms. The Morgan fingerprint density at radius 2 is 2.11 bits per heavy atom. The van der Waals surface area contributed by atoms with Gasteiger partial charge in [0.2, 0.25) is 0 Å². The first kappa shape index (κ1) is 12.5. The number of hydrogen-bond donors (Lipinski definition) is 3. The molecule has 6 heteroatoms. The van der Waals surface area contributed by atoms with Crippen LogP contribution in [0.25, 0.3) is 0 Å². The van der Waals surface area contributed by atoms with Crippen molar-refractivity contribution in [1.82, 2.24) is 15.5 Å². The van der Waals surface area contributed by atoms with Gasteiger partial charge in [-0.1, -0.05) is 0 Å². The lowest BCUT2D eigenvalue weighted by Crippen LogP contribution is -2.42. The molecule has 1 aromatic rings. The molecule has 1 aliphatic heterocycles. The van der Waals surface area contributed by atoms with Crippen molar-refractivity contribution in [3.63, 3.8) is 0 Å². The van der Waals surface area contributed by atoms with Gasteiger partial charge in [-0.2, -0.15) is 5.10 Å². The average Bonchev–Trinajstić information content (AvgIpc) is 3.16. The molecule has 1 aromatic heterocycles. The van der Waals surface area contributed by atoms with E-state index in [1.165, 1.54) is 12.8 Å². The summed E-state index contributed by atoms with van der Waals surface area (Å²) >= 11 is 0. The maximum atomic E-state index is 11.7. The van der Waals surface area contributed by atoms with Gasteiger partial charge in [0.25, 0.3) is 0 Å². The number of rotatable bonds is 4. The Morgan fingerprint density at radius 1 is 1.37 bits per heavy atom. The molecule has 0 radical (unpaired) electrons. The van der Waals surface area contributed by atoms with E-state index in [0.29, 0.717) is 18.4 Å². The zero-order chi connectivity index (χ0) is 13.2. The number of hydrogen-bond acceptors (Lipinski definition) is 3. The van der Waals surface area contributed by atoms with Crippen LogP contribution in [0.1, 0.15) is 37.3 Å². The number of primary amides is 1. The first-order valence-corrected chi connectivity index (χ1v) is 7.07. The van der Waals surface area contributed by atoms with E-state index in [1.54, 1.807) is 4.90 Å². The Hall–Kier alpha value is -1.56. The van der Waals surface area contributed by atoms with Gasteiger partial charge in [0, 0.05) is 18.5 Å². The summed E-state index contributed by atoms with van der Waals surface area (Å²) in [6, 6.07) is 1.58. The zero-order valence-corrected chi connectivity index (χ0v) is 11.1. The van der Waals surface area contributed by atoms with E-state index in [1.807, 2.05) is 6.07 Å². The van der Waals surface area contributed by atoms with Crippen LogP contribution in [0, 0.1) is 5.92 Å². The molecule has 2 heterocycles. The third-order valence-corrected chi connectivity index (χ3v) is 4.04. The highest BCUT2D eigenvalue weighted by molar-refractivity contribution is 5.89. The van der Waals surface area contributed by atoms with Crippen molar-refractivity contribution < 1.29 is 4.79 Å². The molecule has 1 aliphatic carbocycles. The molecular weight excluding hydrogens is 242 g/mol. The van der Waals surface area contributed by atoms with Crippen LogP contribution in [-0.4, -0.2) is 35.9 Å². The van der Waals surface area contributed by atoms with Gasteiger partial charge >= 0.3 is 6.03 Å². The summed E-state index contributed by atoms with van der Waals surface area (Å²) in [4.78, 5) is 13.3. The quantitative estimate of drug-likeness (QED) is 0.762. The summed E-state index contributed by atoms with van der Waals surface area (Å²) in [5.74, 6) is 1.84. The second kappa shape index (κ2) is 5.21. The Balaban J connectivity index is 1.69. The molecule has 4 N–H and O–H groups in total. The van der Waals surface area contributed by atoms with Crippen molar-refractivity contribution in [2.24, 2.45) is 11.7 Å². The van der Waals surface area contributed by atoms with Crippen LogP contribution < -0.4 is 16.0 Å². The summed E-state index contributed by atoms with van der Waals surface area (Å²) in [6.07, 6.45) is 4.59. The fourth-order valence-corrected chi connectivity index (χ4v) is 2.68. The minimum atomic E-state index is -0.399. The van der Waals surface area contributed by atoms with Crippen LogP contribution in [0.5, 0.6) is 0 Å². The number of anilines is 1. The van der Waals surface area contributed by atoms with E-state index < -0.39 is 6.03 Å². The van der Waals surface area contributed by atoms with E-state index in [4.69, 9.17) is 5.73 Å². The second-order valence-corrected chi connectivity index (χ2v) is 5.59. The number of H-pyrrole nitrogens is 1. The molecule has 0 unspecified atom stereocenters. The molecule has 0 aromatic carbocycles. The van der Waals surface area contributed by atoms with Crippen LogP contribution in [-0.2, 0) is 0 Å². The minimum Gasteiger partial charge on any atom is -0.351 e. The van der Waals surface area contributed by atoms with E-state index in [9.17, 15) is 4.79 Å². The molecule has 0 atom stereocenters. The maximum absolute atomic E-state index is 11.7. The first-order chi connectivity index (χ1) is 9.24. The Bertz CT molecular complexity index is 448. The number of urea groups is 1. The first-order valence-electron chi connectivity index (χ1n) is 7.07. The topological polar surface area (TPSA) is 87.0 Å². The molecule has 2 aliphatic rings. The lowest BCUT2D eigenvalue weighted by molar-refractivity contribution is 0.251. The Kier molecular flexibility index (Phi) is 3.42. The van der Waals surface area contributed by atoms with Crippen molar-refractivity contribution in [3.05, 3.63) is 11.8 Å².